The van der Waals surface area contributed by atoms with Crippen LogP contribution in [0.25, 0.3) is 0 Å². The lowest BCUT2D eigenvalue weighted by atomic mass is 10.1. The summed E-state index contributed by atoms with van der Waals surface area (Å²) in [4.78, 5) is 17.3. The highest BCUT2D eigenvalue weighted by Crippen LogP contribution is 2.15. The Morgan fingerprint density at radius 3 is 1.82 bits per heavy atom. The van der Waals surface area contributed by atoms with Gasteiger partial charge in [0, 0.05) is 51.4 Å². The van der Waals surface area contributed by atoms with Crippen LogP contribution in [0, 0.1) is 0 Å². The van der Waals surface area contributed by atoms with Crippen molar-refractivity contribution in [3.8, 4) is 0 Å². The summed E-state index contributed by atoms with van der Waals surface area (Å²) < 4.78 is 25.6. The number of benzene rings is 2. The second kappa shape index (κ2) is 11.4. The number of carbonyl (C=O) groups is 1. The molecule has 0 saturated carbocycles. The van der Waals surface area contributed by atoms with Crippen LogP contribution in [0.5, 0.6) is 0 Å². The third-order valence-electron chi connectivity index (χ3n) is 6.79. The first-order valence-electron chi connectivity index (χ1n) is 12.3. The standard InChI is InChI=1S/C26H36N4O3S/c1-2-34(32,33)30-17-15-29(16-18-30)21-24-9-11-25(12-10-24)26(31)27-19-22-5-7-23(8-6-22)20-28-13-3-4-14-28/h5-12H,2-4,13-21H2,1H3,(H,27,31). The van der Waals surface area contributed by atoms with Crippen molar-refractivity contribution in [2.75, 3.05) is 45.0 Å². The number of sulfonamides is 1. The average molecular weight is 485 g/mol. The number of nitrogens with one attached hydrogen (secondary N) is 1. The van der Waals surface area contributed by atoms with Crippen LogP contribution in [0.1, 0.15) is 46.8 Å². The molecule has 7 nitrogen and oxygen atoms in total. The van der Waals surface area contributed by atoms with Crippen LogP contribution in [-0.2, 0) is 29.7 Å². The molecule has 184 valence electrons. The Labute approximate surface area is 203 Å². The first-order chi connectivity index (χ1) is 16.4. The molecule has 1 N–H and O–H groups in total. The van der Waals surface area contributed by atoms with E-state index in [1.165, 1.54) is 31.5 Å². The summed E-state index contributed by atoms with van der Waals surface area (Å²) in [5, 5.41) is 3.01. The molecular weight excluding hydrogens is 448 g/mol. The van der Waals surface area contributed by atoms with Gasteiger partial charge in [0.15, 0.2) is 0 Å². The third-order valence-corrected chi connectivity index (χ3v) is 8.67. The number of rotatable bonds is 9. The molecule has 0 radical (unpaired) electrons. The molecule has 0 unspecified atom stereocenters. The summed E-state index contributed by atoms with van der Waals surface area (Å²) in [5.74, 6) is 0.0756. The van der Waals surface area contributed by atoms with Crippen LogP contribution in [0.2, 0.25) is 0 Å². The summed E-state index contributed by atoms with van der Waals surface area (Å²) in [6, 6.07) is 16.2. The second-order valence-corrected chi connectivity index (χ2v) is 11.5. The number of amides is 1. The molecule has 0 spiro atoms. The number of hydrogen-bond acceptors (Lipinski definition) is 5. The van der Waals surface area contributed by atoms with Gasteiger partial charge in [0.25, 0.3) is 5.91 Å². The van der Waals surface area contributed by atoms with E-state index in [2.05, 4.69) is 39.4 Å². The van der Waals surface area contributed by atoms with E-state index in [0.29, 0.717) is 25.2 Å². The fourth-order valence-electron chi connectivity index (χ4n) is 4.61. The van der Waals surface area contributed by atoms with Gasteiger partial charge in [-0.1, -0.05) is 36.4 Å². The molecule has 0 bridgehead atoms. The predicted molar refractivity (Wildman–Crippen MR) is 135 cm³/mol. The smallest absolute Gasteiger partial charge is 0.251 e. The van der Waals surface area contributed by atoms with Gasteiger partial charge in [-0.15, -0.1) is 0 Å². The highest BCUT2D eigenvalue weighted by molar-refractivity contribution is 7.89. The van der Waals surface area contributed by atoms with Gasteiger partial charge in [0.1, 0.15) is 0 Å². The number of carbonyl (C=O) groups excluding carboxylic acids is 1. The Morgan fingerprint density at radius 1 is 0.765 bits per heavy atom. The molecule has 2 aliphatic rings. The van der Waals surface area contributed by atoms with Gasteiger partial charge in [-0.25, -0.2) is 8.42 Å². The second-order valence-electron chi connectivity index (χ2n) is 9.26. The summed E-state index contributed by atoms with van der Waals surface area (Å²) in [6.07, 6.45) is 2.60. The predicted octanol–water partition coefficient (Wildman–Crippen LogP) is 2.68. The number of hydrogen-bond donors (Lipinski definition) is 1. The lowest BCUT2D eigenvalue weighted by molar-refractivity contribution is 0.0951. The molecular formula is C26H36N4O3S. The summed E-state index contributed by atoms with van der Waals surface area (Å²) >= 11 is 0. The quantitative estimate of drug-likeness (QED) is 0.593. The zero-order chi connectivity index (χ0) is 24.0. The van der Waals surface area contributed by atoms with Gasteiger partial charge in [-0.3, -0.25) is 14.6 Å². The van der Waals surface area contributed by atoms with Crippen LogP contribution in [-0.4, -0.2) is 73.5 Å². The lowest BCUT2D eigenvalue weighted by Gasteiger charge is -2.33. The molecule has 2 aromatic rings. The van der Waals surface area contributed by atoms with Crippen molar-refractivity contribution in [3.63, 3.8) is 0 Å². The molecule has 8 heteroatoms. The molecule has 2 saturated heterocycles. The zero-order valence-electron chi connectivity index (χ0n) is 20.1. The van der Waals surface area contributed by atoms with E-state index in [1.807, 2.05) is 24.3 Å². The molecule has 0 atom stereocenters. The molecule has 1 amide bonds. The van der Waals surface area contributed by atoms with Crippen molar-refractivity contribution in [1.29, 1.82) is 0 Å². The maximum atomic E-state index is 12.6. The Kier molecular flexibility index (Phi) is 8.37. The van der Waals surface area contributed by atoms with Crippen molar-refractivity contribution >= 4 is 15.9 Å². The monoisotopic (exact) mass is 484 g/mol. The minimum Gasteiger partial charge on any atom is -0.348 e. The molecule has 2 aromatic carbocycles. The molecule has 0 aliphatic carbocycles. The minimum absolute atomic E-state index is 0.0777. The molecule has 4 rings (SSSR count). The zero-order valence-corrected chi connectivity index (χ0v) is 20.9. The molecule has 2 heterocycles. The van der Waals surface area contributed by atoms with Crippen LogP contribution in [0.15, 0.2) is 48.5 Å². The Balaban J connectivity index is 1.22. The van der Waals surface area contributed by atoms with E-state index < -0.39 is 10.0 Å². The lowest BCUT2D eigenvalue weighted by Crippen LogP contribution is -2.48. The van der Waals surface area contributed by atoms with Crippen molar-refractivity contribution in [2.24, 2.45) is 0 Å². The minimum atomic E-state index is -3.11. The van der Waals surface area contributed by atoms with Crippen molar-refractivity contribution in [3.05, 3.63) is 70.8 Å². The van der Waals surface area contributed by atoms with E-state index >= 15 is 0 Å². The van der Waals surface area contributed by atoms with Crippen LogP contribution >= 0.6 is 0 Å². The largest absolute Gasteiger partial charge is 0.348 e. The van der Waals surface area contributed by atoms with Crippen molar-refractivity contribution in [1.82, 2.24) is 19.4 Å². The fraction of sp³-hybridized carbons (Fsp3) is 0.500. The summed E-state index contributed by atoms with van der Waals surface area (Å²) in [7, 11) is -3.11. The molecule has 34 heavy (non-hydrogen) atoms. The Hall–Kier alpha value is -2.26. The van der Waals surface area contributed by atoms with Gasteiger partial charge >= 0.3 is 0 Å². The van der Waals surface area contributed by atoms with Gasteiger partial charge in [-0.05, 0) is 61.7 Å². The van der Waals surface area contributed by atoms with E-state index in [0.717, 1.165) is 37.3 Å². The van der Waals surface area contributed by atoms with Crippen molar-refractivity contribution in [2.45, 2.75) is 39.4 Å². The van der Waals surface area contributed by atoms with Crippen LogP contribution in [0.4, 0.5) is 0 Å². The summed E-state index contributed by atoms with van der Waals surface area (Å²) in [5.41, 5.74) is 4.19. The van der Waals surface area contributed by atoms with Gasteiger partial charge in [0.05, 0.1) is 5.75 Å². The first kappa shape index (κ1) is 24.9. The fourth-order valence-corrected chi connectivity index (χ4v) is 5.70. The van der Waals surface area contributed by atoms with Crippen molar-refractivity contribution < 1.29 is 13.2 Å². The van der Waals surface area contributed by atoms with Gasteiger partial charge in [-0.2, -0.15) is 4.31 Å². The number of piperazine rings is 1. The average Bonchev–Trinajstić information content (AvgIpc) is 3.37. The highest BCUT2D eigenvalue weighted by atomic mass is 32.2. The molecule has 0 aromatic heterocycles. The van der Waals surface area contributed by atoms with E-state index in [1.54, 1.807) is 11.2 Å². The maximum Gasteiger partial charge on any atom is 0.251 e. The van der Waals surface area contributed by atoms with Crippen LogP contribution < -0.4 is 5.32 Å². The normalized spacial score (nSPS) is 18.3. The highest BCUT2D eigenvalue weighted by Gasteiger charge is 2.25. The van der Waals surface area contributed by atoms with Gasteiger partial charge in [0.2, 0.25) is 10.0 Å². The molecule has 2 aliphatic heterocycles. The van der Waals surface area contributed by atoms with Crippen LogP contribution in [0.3, 0.4) is 0 Å². The SMILES string of the molecule is CCS(=O)(=O)N1CCN(Cc2ccc(C(=O)NCc3ccc(CN4CCCC4)cc3)cc2)CC1. The first-order valence-corrected chi connectivity index (χ1v) is 13.9. The topological polar surface area (TPSA) is 73.0 Å². The molecule has 2 fully saturated rings. The van der Waals surface area contributed by atoms with E-state index in [4.69, 9.17) is 0 Å². The summed E-state index contributed by atoms with van der Waals surface area (Å²) in [6.45, 7) is 8.86. The van der Waals surface area contributed by atoms with Gasteiger partial charge < -0.3 is 5.32 Å². The Bertz CT molecular complexity index is 1040. The Morgan fingerprint density at radius 2 is 1.26 bits per heavy atom. The van der Waals surface area contributed by atoms with E-state index in [-0.39, 0.29) is 11.7 Å². The maximum absolute atomic E-state index is 12.6. The number of nitrogens with zero attached hydrogens (tertiary/aromatic N) is 3. The third kappa shape index (κ3) is 6.66. The van der Waals surface area contributed by atoms with E-state index in [9.17, 15) is 13.2 Å². The number of likely N-dealkylation sites (tertiary alicyclic amines) is 1.